The van der Waals surface area contributed by atoms with E-state index in [1.54, 1.807) is 0 Å². The van der Waals surface area contributed by atoms with Crippen LogP contribution in [0.25, 0.3) is 56.7 Å². The van der Waals surface area contributed by atoms with Crippen LogP contribution in [-0.4, -0.2) is 0 Å². The summed E-state index contributed by atoms with van der Waals surface area (Å²) in [6.45, 7) is 12.5. The first-order chi connectivity index (χ1) is 43.3. The van der Waals surface area contributed by atoms with Gasteiger partial charge in [0.25, 0.3) is 0 Å². The maximum Gasteiger partial charge on any atom is 0.0714 e. The van der Waals surface area contributed by atoms with E-state index in [0.717, 1.165) is 67.5 Å². The number of para-hydroxylation sites is 2. The van der Waals surface area contributed by atoms with Crippen LogP contribution in [0.15, 0.2) is 329 Å². The van der Waals surface area contributed by atoms with E-state index in [4.69, 9.17) is 0 Å². The van der Waals surface area contributed by atoms with Crippen LogP contribution >= 0.6 is 0 Å². The van der Waals surface area contributed by atoms with Crippen molar-refractivity contribution in [2.24, 2.45) is 0 Å². The van der Waals surface area contributed by atoms with Gasteiger partial charge in [-0.1, -0.05) is 279 Å². The van der Waals surface area contributed by atoms with Crippen LogP contribution in [-0.2, 0) is 10.8 Å². The SMILES string of the molecule is C=Cc1ccc(C2(c3ccc(C)cc3)c3ccccc3-c3ccc(N(c4ccccc4)c4ccc(-c5ccc(-c6ccc(N(c7ccccc7)c7ccc8c(c7)C(c7ccc(C)cc7)(c7ccc(C=C)cc7)c7ccccc7-8)cc6)cc5)cc4)cc32)cc1. The van der Waals surface area contributed by atoms with Gasteiger partial charge in [-0.25, -0.2) is 0 Å². The Balaban J connectivity index is 0.755. The van der Waals surface area contributed by atoms with E-state index in [0.29, 0.717) is 0 Å². The van der Waals surface area contributed by atoms with Gasteiger partial charge in [0.05, 0.1) is 10.8 Å². The molecule has 2 atom stereocenters. The molecule has 0 saturated carbocycles. The number of fused-ring (bicyclic) bond motifs is 6. The summed E-state index contributed by atoms with van der Waals surface area (Å²) < 4.78 is 0. The molecule has 0 spiro atoms. The first kappa shape index (κ1) is 53.7. The van der Waals surface area contributed by atoms with E-state index in [1.807, 2.05) is 12.2 Å². The summed E-state index contributed by atoms with van der Waals surface area (Å²) in [5.41, 5.74) is 29.8. The monoisotopic (exact) mass is 1120 g/mol. The fraction of sp³-hybridized carbons (Fsp3) is 0.0465. The predicted molar refractivity (Wildman–Crippen MR) is 371 cm³/mol. The van der Waals surface area contributed by atoms with Gasteiger partial charge in [0.15, 0.2) is 0 Å². The molecule has 88 heavy (non-hydrogen) atoms. The highest BCUT2D eigenvalue weighted by atomic mass is 15.1. The normalized spacial score (nSPS) is 15.1. The lowest BCUT2D eigenvalue weighted by Gasteiger charge is -2.35. The zero-order chi connectivity index (χ0) is 59.3. The molecule has 2 unspecified atom stereocenters. The van der Waals surface area contributed by atoms with Gasteiger partial charge in [0, 0.05) is 34.1 Å². The molecule has 0 saturated heterocycles. The number of rotatable bonds is 14. The van der Waals surface area contributed by atoms with E-state index in [9.17, 15) is 0 Å². The molecular weight excluding hydrogens is 1060 g/mol. The van der Waals surface area contributed by atoms with E-state index in [2.05, 4.69) is 352 Å². The molecule has 2 nitrogen and oxygen atoms in total. The van der Waals surface area contributed by atoms with Crippen molar-refractivity contribution in [1.29, 1.82) is 0 Å². The third-order valence-electron chi connectivity index (χ3n) is 18.5. The van der Waals surface area contributed by atoms with Gasteiger partial charge in [-0.05, 0) is 187 Å². The van der Waals surface area contributed by atoms with Crippen molar-refractivity contribution in [3.8, 4) is 44.5 Å². The second-order valence-electron chi connectivity index (χ2n) is 23.4. The predicted octanol–water partition coefficient (Wildman–Crippen LogP) is 22.6. The summed E-state index contributed by atoms with van der Waals surface area (Å²) in [5.74, 6) is 0. The maximum atomic E-state index is 4.08. The summed E-state index contributed by atoms with van der Waals surface area (Å²) >= 11 is 0. The van der Waals surface area contributed by atoms with E-state index in [1.165, 1.54) is 77.9 Å². The Morgan fingerprint density at radius 1 is 0.250 bits per heavy atom. The smallest absolute Gasteiger partial charge is 0.0714 e. The van der Waals surface area contributed by atoms with Gasteiger partial charge in [0.2, 0.25) is 0 Å². The minimum absolute atomic E-state index is 0.550. The molecule has 13 aromatic rings. The Hall–Kier alpha value is -11.1. The summed E-state index contributed by atoms with van der Waals surface area (Å²) in [5, 5.41) is 0. The Bertz CT molecular complexity index is 4410. The van der Waals surface area contributed by atoms with Crippen LogP contribution in [0, 0.1) is 13.8 Å². The molecule has 13 aromatic carbocycles. The fourth-order valence-corrected chi connectivity index (χ4v) is 14.2. The van der Waals surface area contributed by atoms with Crippen molar-refractivity contribution < 1.29 is 0 Å². The number of nitrogens with zero attached hydrogens (tertiary/aromatic N) is 2. The molecule has 0 radical (unpaired) electrons. The maximum absolute atomic E-state index is 4.08. The van der Waals surface area contributed by atoms with Gasteiger partial charge in [-0.3, -0.25) is 0 Å². The number of anilines is 6. The Morgan fingerprint density at radius 2 is 0.523 bits per heavy atom. The largest absolute Gasteiger partial charge is 0.310 e. The molecule has 15 rings (SSSR count). The number of benzene rings is 13. The zero-order valence-electron chi connectivity index (χ0n) is 49.5. The summed E-state index contributed by atoms with van der Waals surface area (Å²) in [7, 11) is 0. The molecule has 0 heterocycles. The minimum Gasteiger partial charge on any atom is -0.310 e. The zero-order valence-corrected chi connectivity index (χ0v) is 49.5. The molecule has 0 fully saturated rings. The molecular formula is C86H64N2. The fourth-order valence-electron chi connectivity index (χ4n) is 14.2. The van der Waals surface area contributed by atoms with Gasteiger partial charge < -0.3 is 9.80 Å². The molecule has 0 bridgehead atoms. The van der Waals surface area contributed by atoms with Crippen molar-refractivity contribution in [3.63, 3.8) is 0 Å². The summed E-state index contributed by atoms with van der Waals surface area (Å²) in [6.07, 6.45) is 3.84. The second-order valence-corrected chi connectivity index (χ2v) is 23.4. The lowest BCUT2D eigenvalue weighted by molar-refractivity contribution is 0.768. The second kappa shape index (κ2) is 22.1. The Kier molecular flexibility index (Phi) is 13.5. The number of hydrogen-bond acceptors (Lipinski definition) is 2. The topological polar surface area (TPSA) is 6.48 Å². The van der Waals surface area contributed by atoms with Crippen molar-refractivity contribution >= 4 is 46.3 Å². The highest BCUT2D eigenvalue weighted by Gasteiger charge is 2.48. The summed E-state index contributed by atoms with van der Waals surface area (Å²) in [6, 6.07) is 117. The van der Waals surface area contributed by atoms with E-state index >= 15 is 0 Å². The Labute approximate surface area is 517 Å². The highest BCUT2D eigenvalue weighted by molar-refractivity contribution is 5.92. The molecule has 0 N–H and O–H groups in total. The molecule has 0 aromatic heterocycles. The van der Waals surface area contributed by atoms with Crippen LogP contribution < -0.4 is 9.80 Å². The molecule has 418 valence electrons. The van der Waals surface area contributed by atoms with E-state index < -0.39 is 10.8 Å². The first-order valence-corrected chi connectivity index (χ1v) is 30.4. The lowest BCUT2D eigenvalue weighted by atomic mass is 9.67. The van der Waals surface area contributed by atoms with Crippen LogP contribution in [0.5, 0.6) is 0 Å². The molecule has 2 aliphatic rings. The van der Waals surface area contributed by atoms with Crippen molar-refractivity contribution in [1.82, 2.24) is 0 Å². The van der Waals surface area contributed by atoms with Gasteiger partial charge in [0.1, 0.15) is 0 Å². The van der Waals surface area contributed by atoms with Crippen molar-refractivity contribution in [3.05, 3.63) is 395 Å². The molecule has 0 aliphatic heterocycles. The van der Waals surface area contributed by atoms with Gasteiger partial charge >= 0.3 is 0 Å². The van der Waals surface area contributed by atoms with Crippen molar-refractivity contribution in [2.75, 3.05) is 9.80 Å². The molecule has 2 heteroatoms. The average Bonchev–Trinajstić information content (AvgIpc) is 1.55. The van der Waals surface area contributed by atoms with E-state index in [-0.39, 0.29) is 0 Å². The highest BCUT2D eigenvalue weighted by Crippen LogP contribution is 2.59. The number of aryl methyl sites for hydroxylation is 2. The number of hydrogen-bond donors (Lipinski definition) is 0. The Morgan fingerprint density at radius 3 is 0.864 bits per heavy atom. The van der Waals surface area contributed by atoms with Gasteiger partial charge in [-0.2, -0.15) is 0 Å². The van der Waals surface area contributed by atoms with Crippen LogP contribution in [0.3, 0.4) is 0 Å². The molecule has 0 amide bonds. The van der Waals surface area contributed by atoms with Gasteiger partial charge in [-0.15, -0.1) is 0 Å². The van der Waals surface area contributed by atoms with Crippen LogP contribution in [0.2, 0.25) is 0 Å². The third kappa shape index (κ3) is 8.87. The molecule has 2 aliphatic carbocycles. The lowest BCUT2D eigenvalue weighted by Crippen LogP contribution is -2.29. The summed E-state index contributed by atoms with van der Waals surface area (Å²) in [4.78, 5) is 4.79. The van der Waals surface area contributed by atoms with Crippen LogP contribution in [0.4, 0.5) is 34.1 Å². The third-order valence-corrected chi connectivity index (χ3v) is 18.5. The quantitative estimate of drug-likeness (QED) is 0.107. The first-order valence-electron chi connectivity index (χ1n) is 30.4. The standard InChI is InChI=1S/C86H64N2/c1-5-61-29-45-69(46-30-61)85(67-41-25-59(3)26-42-67)81-23-15-13-21-77(81)79-55-53-75(57-83(79)85)87(71-17-9-7-10-18-71)73-49-37-65(38-50-73)63-33-35-64(36-34-63)66-39-51-74(52-40-66)88(72-19-11-8-12-20-72)76-54-56-80-78-22-14-16-24-82(78)86(84(80)58-76,68-43-27-60(4)28-44-68)70-47-31-62(6-2)32-48-70/h5-58H,1-2H2,3-4H3. The van der Waals surface area contributed by atoms with Crippen LogP contribution in [0.1, 0.15) is 66.8 Å². The minimum atomic E-state index is -0.550. The van der Waals surface area contributed by atoms with Crippen molar-refractivity contribution in [2.45, 2.75) is 24.7 Å². The average molecular weight is 1130 g/mol.